The van der Waals surface area contributed by atoms with Gasteiger partial charge >= 0.3 is 10.1 Å². The molecule has 0 radical (unpaired) electrons. The molecule has 0 bridgehead atoms. The third-order valence-electron chi connectivity index (χ3n) is 4.80. The van der Waals surface area contributed by atoms with Crippen molar-refractivity contribution < 1.29 is 25.8 Å². The largest absolute Gasteiger partial charge is 0.379 e. The van der Waals surface area contributed by atoms with Crippen molar-refractivity contribution in [1.29, 1.82) is 5.41 Å². The monoisotopic (exact) mass is 518 g/mol. The van der Waals surface area contributed by atoms with Crippen molar-refractivity contribution in [3.8, 4) is 5.75 Å². The minimum atomic E-state index is -4.01. The highest BCUT2D eigenvalue weighted by Gasteiger charge is 2.43. The predicted molar refractivity (Wildman–Crippen MR) is 130 cm³/mol. The van der Waals surface area contributed by atoms with E-state index in [4.69, 9.17) is 9.59 Å². The Morgan fingerprint density at radius 2 is 1.68 bits per heavy atom. The molecule has 1 N–H and O–H groups in total. The van der Waals surface area contributed by atoms with Crippen molar-refractivity contribution in [3.63, 3.8) is 0 Å². The Morgan fingerprint density at radius 1 is 1.03 bits per heavy atom. The molecule has 2 aromatic rings. The number of nitrogens with one attached hydrogen (secondary N) is 1. The van der Waals surface area contributed by atoms with E-state index in [0.29, 0.717) is 5.56 Å². The summed E-state index contributed by atoms with van der Waals surface area (Å²) in [4.78, 5) is 17.4. The van der Waals surface area contributed by atoms with Gasteiger partial charge in [-0.05, 0) is 49.8 Å². The molecule has 0 unspecified atom stereocenters. The minimum absolute atomic E-state index is 0.00115. The van der Waals surface area contributed by atoms with Gasteiger partial charge < -0.3 is 4.18 Å². The molecule has 176 valence electrons. The number of amides is 1. The zero-order valence-corrected chi connectivity index (χ0v) is 20.3. The maximum Gasteiger partial charge on any atom is 0.339 e. The highest BCUT2D eigenvalue weighted by molar-refractivity contribution is 8.16. The topological polar surface area (TPSA) is 146 Å². The molecule has 0 spiro atoms. The molecule has 0 saturated heterocycles. The number of hydrogen-bond donors (Lipinski definition) is 1. The van der Waals surface area contributed by atoms with Crippen LogP contribution in [0.1, 0.15) is 19.4 Å². The van der Waals surface area contributed by atoms with E-state index < -0.39 is 31.1 Å². The highest BCUT2D eigenvalue weighted by Crippen LogP contribution is 2.31. The summed E-state index contributed by atoms with van der Waals surface area (Å²) < 4.78 is 59.0. The van der Waals surface area contributed by atoms with Crippen LogP contribution in [0.15, 0.2) is 74.5 Å². The van der Waals surface area contributed by atoms with Crippen LogP contribution in [0.2, 0.25) is 0 Å². The van der Waals surface area contributed by atoms with Crippen molar-refractivity contribution in [2.45, 2.75) is 24.0 Å². The van der Waals surface area contributed by atoms with Gasteiger partial charge in [0.15, 0.2) is 0 Å². The smallest absolute Gasteiger partial charge is 0.339 e. The Labute approximate surface area is 200 Å². The Bertz CT molecular complexity index is 1480. The zero-order valence-electron chi connectivity index (χ0n) is 17.9. The Hall–Kier alpha value is -3.29. The first-order chi connectivity index (χ1) is 16.0. The molecule has 2 aliphatic heterocycles. The van der Waals surface area contributed by atoms with Crippen molar-refractivity contribution in [3.05, 3.63) is 65.7 Å². The van der Waals surface area contributed by atoms with Crippen LogP contribution in [0.3, 0.4) is 0 Å². The normalized spacial score (nSPS) is 17.6. The summed E-state index contributed by atoms with van der Waals surface area (Å²) in [5.41, 5.74) is 0.316. The van der Waals surface area contributed by atoms with Crippen LogP contribution in [0.5, 0.6) is 5.75 Å². The van der Waals surface area contributed by atoms with Gasteiger partial charge in [-0.25, -0.2) is 13.3 Å². The van der Waals surface area contributed by atoms with E-state index in [1.54, 1.807) is 18.2 Å². The average Bonchev–Trinajstić information content (AvgIpc) is 3.23. The maximum absolute atomic E-state index is 12.6. The minimum Gasteiger partial charge on any atom is -0.379 e. The SMILES string of the molecule is CC(C)S(=O)(=O)C1=NSC2=NC(=O)/C(=C\c3ccc(OS(=O)(=O)c4ccccc4)cc3)C(=N)N21. The Balaban J connectivity index is 1.59. The van der Waals surface area contributed by atoms with Gasteiger partial charge in [0.2, 0.25) is 20.2 Å². The van der Waals surface area contributed by atoms with Crippen LogP contribution in [0, 0.1) is 5.41 Å². The van der Waals surface area contributed by atoms with Gasteiger partial charge in [0.1, 0.15) is 16.5 Å². The maximum atomic E-state index is 12.6. The molecule has 1 amide bonds. The van der Waals surface area contributed by atoms with Gasteiger partial charge in [0, 0.05) is 0 Å². The molecule has 0 aromatic heterocycles. The van der Waals surface area contributed by atoms with Crippen molar-refractivity contribution in [2.24, 2.45) is 9.39 Å². The Morgan fingerprint density at radius 3 is 2.29 bits per heavy atom. The van der Waals surface area contributed by atoms with E-state index in [2.05, 4.69) is 9.39 Å². The van der Waals surface area contributed by atoms with E-state index in [1.807, 2.05) is 0 Å². The number of aliphatic imine (C=N–C) groups is 1. The number of benzene rings is 2. The number of rotatable bonds is 5. The number of carbonyl (C=O) groups excluding carboxylic acids is 1. The number of sulfone groups is 1. The second kappa shape index (κ2) is 8.81. The lowest BCUT2D eigenvalue weighted by atomic mass is 10.1. The fourth-order valence-electron chi connectivity index (χ4n) is 2.94. The van der Waals surface area contributed by atoms with Crippen LogP contribution < -0.4 is 4.18 Å². The summed E-state index contributed by atoms with van der Waals surface area (Å²) in [6.07, 6.45) is 1.36. The van der Waals surface area contributed by atoms with Crippen LogP contribution in [0.4, 0.5) is 0 Å². The van der Waals surface area contributed by atoms with E-state index in [9.17, 15) is 21.6 Å². The number of fused-ring (bicyclic) bond motifs is 1. The predicted octanol–water partition coefficient (Wildman–Crippen LogP) is 2.85. The van der Waals surface area contributed by atoms with Crippen molar-refractivity contribution in [2.75, 3.05) is 0 Å². The van der Waals surface area contributed by atoms with Gasteiger partial charge in [-0.1, -0.05) is 30.3 Å². The molecule has 0 saturated carbocycles. The fraction of sp³-hybridized carbons (Fsp3) is 0.143. The second-order valence-electron chi connectivity index (χ2n) is 7.42. The van der Waals surface area contributed by atoms with E-state index in [0.717, 1.165) is 16.8 Å². The van der Waals surface area contributed by atoms with E-state index >= 15 is 0 Å². The number of carbonyl (C=O) groups is 1. The number of amidine groups is 3. The van der Waals surface area contributed by atoms with Gasteiger partial charge in [-0.3, -0.25) is 10.2 Å². The van der Waals surface area contributed by atoms with Gasteiger partial charge in [0.25, 0.3) is 5.91 Å². The lowest BCUT2D eigenvalue weighted by Crippen LogP contribution is -2.46. The average molecular weight is 519 g/mol. The zero-order chi connectivity index (χ0) is 24.7. The number of nitrogens with zero attached hydrogens (tertiary/aromatic N) is 3. The molecular formula is C21H18N4O6S3. The molecule has 34 heavy (non-hydrogen) atoms. The molecule has 0 atom stereocenters. The molecule has 13 heteroatoms. The van der Waals surface area contributed by atoms with Crippen LogP contribution in [-0.4, -0.2) is 49.1 Å². The summed E-state index contributed by atoms with van der Waals surface area (Å²) in [7, 11) is -7.83. The second-order valence-corrected chi connectivity index (χ2v) is 12.1. The molecule has 2 aromatic carbocycles. The molecule has 0 fully saturated rings. The molecule has 4 rings (SSSR count). The van der Waals surface area contributed by atoms with Crippen LogP contribution in [-0.2, 0) is 24.7 Å². The third kappa shape index (κ3) is 4.41. The van der Waals surface area contributed by atoms with Crippen LogP contribution in [0.25, 0.3) is 6.08 Å². The van der Waals surface area contributed by atoms with E-state index in [1.165, 1.54) is 56.3 Å². The summed E-state index contributed by atoms with van der Waals surface area (Å²) in [5.74, 6) is -1.02. The third-order valence-corrected chi connectivity index (χ3v) is 8.90. The first-order valence-corrected chi connectivity index (χ1v) is 13.6. The molecule has 10 nitrogen and oxygen atoms in total. The lowest BCUT2D eigenvalue weighted by molar-refractivity contribution is -0.114. The first kappa shape index (κ1) is 23.9. The van der Waals surface area contributed by atoms with Crippen molar-refractivity contribution in [1.82, 2.24) is 4.90 Å². The van der Waals surface area contributed by atoms with Gasteiger partial charge in [-0.2, -0.15) is 17.8 Å². The summed E-state index contributed by atoms with van der Waals surface area (Å²) in [6, 6.07) is 13.5. The van der Waals surface area contributed by atoms with E-state index in [-0.39, 0.29) is 32.4 Å². The Kier molecular flexibility index (Phi) is 6.18. The quantitative estimate of drug-likeness (QED) is 0.361. The fourth-order valence-corrected chi connectivity index (χ4v) is 5.96. The van der Waals surface area contributed by atoms with Gasteiger partial charge in [0.05, 0.1) is 22.8 Å². The molecule has 2 aliphatic rings. The van der Waals surface area contributed by atoms with Crippen molar-refractivity contribution >= 4 is 60.1 Å². The summed E-state index contributed by atoms with van der Waals surface area (Å²) >= 11 is 0.722. The molecular weight excluding hydrogens is 500 g/mol. The van der Waals surface area contributed by atoms with Crippen LogP contribution >= 0.6 is 11.9 Å². The summed E-state index contributed by atoms with van der Waals surface area (Å²) in [6.45, 7) is 2.99. The van der Waals surface area contributed by atoms with Gasteiger partial charge in [-0.15, -0.1) is 0 Å². The molecule has 0 aliphatic carbocycles. The number of hydrogen-bond acceptors (Lipinski definition) is 9. The lowest BCUT2D eigenvalue weighted by Gasteiger charge is -2.25. The standard InChI is InChI=1S/C21H18N4O6S3/c1-13(2)33(27,28)21-24-32-20-23-19(26)17(18(22)25(20)21)12-14-8-10-15(11-9-14)31-34(29,30)16-6-4-3-5-7-16/h3-13,22H,1-2H3/b17-12-,22-18?. The first-order valence-electron chi connectivity index (χ1n) is 9.83. The summed E-state index contributed by atoms with van der Waals surface area (Å²) in [5, 5.41) is 7.34. The molecule has 2 heterocycles. The highest BCUT2D eigenvalue weighted by atomic mass is 32.2.